The minimum absolute atomic E-state index is 0.167. The Morgan fingerprint density at radius 1 is 1.17 bits per heavy atom. The summed E-state index contributed by atoms with van der Waals surface area (Å²) in [5, 5.41) is 2.85. The smallest absolute Gasteiger partial charge is 0.251 e. The second-order valence-corrected chi connectivity index (χ2v) is 7.40. The first-order valence-electron chi connectivity index (χ1n) is 8.21. The van der Waals surface area contributed by atoms with Gasteiger partial charge in [-0.05, 0) is 30.7 Å². The van der Waals surface area contributed by atoms with Crippen LogP contribution in [0.5, 0.6) is 0 Å². The van der Waals surface area contributed by atoms with E-state index in [1.807, 2.05) is 6.92 Å². The van der Waals surface area contributed by atoms with Crippen LogP contribution in [0.4, 0.5) is 0 Å². The van der Waals surface area contributed by atoms with Crippen LogP contribution in [0.1, 0.15) is 23.7 Å². The van der Waals surface area contributed by atoms with Gasteiger partial charge in [-0.25, -0.2) is 13.1 Å². The number of sulfonamides is 1. The van der Waals surface area contributed by atoms with Crippen molar-refractivity contribution in [2.24, 2.45) is 0 Å². The van der Waals surface area contributed by atoms with E-state index < -0.39 is 10.0 Å². The Morgan fingerprint density at radius 3 is 2.46 bits per heavy atom. The van der Waals surface area contributed by atoms with Crippen molar-refractivity contribution in [3.05, 3.63) is 29.8 Å². The van der Waals surface area contributed by atoms with Gasteiger partial charge in [0.25, 0.3) is 5.91 Å². The van der Waals surface area contributed by atoms with Crippen LogP contribution in [-0.4, -0.2) is 65.2 Å². The topological polar surface area (TPSA) is 87.7 Å². The lowest BCUT2D eigenvalue weighted by atomic mass is 10.2. The van der Waals surface area contributed by atoms with E-state index in [4.69, 9.17) is 4.74 Å². The Morgan fingerprint density at radius 2 is 1.83 bits per heavy atom. The first-order valence-corrected chi connectivity index (χ1v) is 9.69. The average molecular weight is 355 g/mol. The molecule has 0 atom stereocenters. The maximum atomic E-state index is 12.1. The minimum atomic E-state index is -3.50. The molecule has 1 amide bonds. The second-order valence-electron chi connectivity index (χ2n) is 5.63. The molecule has 0 saturated carbocycles. The van der Waals surface area contributed by atoms with E-state index in [2.05, 4.69) is 14.9 Å². The fourth-order valence-corrected chi connectivity index (χ4v) is 3.49. The van der Waals surface area contributed by atoms with E-state index in [0.717, 1.165) is 39.3 Å². The Hall–Kier alpha value is -1.48. The van der Waals surface area contributed by atoms with Gasteiger partial charge in [0.2, 0.25) is 10.0 Å². The fraction of sp³-hybridized carbons (Fsp3) is 0.562. The van der Waals surface area contributed by atoms with Gasteiger partial charge in [-0.15, -0.1) is 0 Å². The van der Waals surface area contributed by atoms with Gasteiger partial charge in [0.15, 0.2) is 0 Å². The number of rotatable bonds is 8. The maximum absolute atomic E-state index is 12.1. The molecule has 8 heteroatoms. The van der Waals surface area contributed by atoms with Crippen LogP contribution in [-0.2, 0) is 14.8 Å². The van der Waals surface area contributed by atoms with E-state index in [0.29, 0.717) is 18.7 Å². The monoisotopic (exact) mass is 355 g/mol. The highest BCUT2D eigenvalue weighted by Crippen LogP contribution is 2.10. The molecule has 24 heavy (non-hydrogen) atoms. The second kappa shape index (κ2) is 9.12. The highest BCUT2D eigenvalue weighted by Gasteiger charge is 2.14. The molecular formula is C16H25N3O4S. The molecule has 7 nitrogen and oxygen atoms in total. The molecule has 0 radical (unpaired) electrons. The van der Waals surface area contributed by atoms with Crippen molar-refractivity contribution in [3.8, 4) is 0 Å². The van der Waals surface area contributed by atoms with Crippen molar-refractivity contribution in [1.29, 1.82) is 0 Å². The number of morpholine rings is 1. The van der Waals surface area contributed by atoms with Gasteiger partial charge >= 0.3 is 0 Å². The summed E-state index contributed by atoms with van der Waals surface area (Å²) in [4.78, 5) is 14.5. The zero-order chi connectivity index (χ0) is 17.4. The molecule has 0 spiro atoms. The number of amides is 1. The molecule has 1 aliphatic heterocycles. The summed E-state index contributed by atoms with van der Waals surface area (Å²) in [5.41, 5.74) is 0.450. The molecule has 1 aromatic carbocycles. The van der Waals surface area contributed by atoms with Crippen molar-refractivity contribution in [2.45, 2.75) is 18.2 Å². The van der Waals surface area contributed by atoms with Crippen LogP contribution < -0.4 is 10.0 Å². The average Bonchev–Trinajstić information content (AvgIpc) is 2.61. The number of nitrogens with zero attached hydrogens (tertiary/aromatic N) is 1. The van der Waals surface area contributed by atoms with Gasteiger partial charge < -0.3 is 10.1 Å². The summed E-state index contributed by atoms with van der Waals surface area (Å²) in [6.45, 7) is 6.85. The van der Waals surface area contributed by atoms with Crippen molar-refractivity contribution >= 4 is 15.9 Å². The van der Waals surface area contributed by atoms with Crippen LogP contribution in [0.2, 0.25) is 0 Å². The molecule has 1 aliphatic rings. The van der Waals surface area contributed by atoms with Gasteiger partial charge in [-0.2, -0.15) is 0 Å². The molecule has 134 valence electrons. The van der Waals surface area contributed by atoms with Crippen LogP contribution >= 0.6 is 0 Å². The lowest BCUT2D eigenvalue weighted by molar-refractivity contribution is 0.0383. The normalized spacial score (nSPS) is 16.0. The van der Waals surface area contributed by atoms with Crippen molar-refractivity contribution in [1.82, 2.24) is 14.9 Å². The van der Waals surface area contributed by atoms with E-state index in [-0.39, 0.29) is 10.8 Å². The number of nitrogens with one attached hydrogen (secondary N) is 2. The molecule has 2 rings (SSSR count). The molecule has 1 saturated heterocycles. The molecule has 0 bridgehead atoms. The standard InChI is InChI=1S/C16H25N3O4S/c1-2-7-18-24(21,22)15-5-3-14(4-6-15)16(20)17-8-9-19-10-12-23-13-11-19/h3-6,18H,2,7-13H2,1H3,(H,17,20). The van der Waals surface area contributed by atoms with E-state index in [9.17, 15) is 13.2 Å². The summed E-state index contributed by atoms with van der Waals surface area (Å²) in [6, 6.07) is 5.97. The van der Waals surface area contributed by atoms with Gasteiger partial charge in [0.1, 0.15) is 0 Å². The Balaban J connectivity index is 1.84. The van der Waals surface area contributed by atoms with Crippen LogP contribution in [0, 0.1) is 0 Å². The van der Waals surface area contributed by atoms with Gasteiger partial charge in [-0.3, -0.25) is 9.69 Å². The first kappa shape index (κ1) is 18.9. The Kier molecular flexibility index (Phi) is 7.16. The predicted octanol–water partition coefficient (Wildman–Crippen LogP) is 0.437. The van der Waals surface area contributed by atoms with Crippen molar-refractivity contribution in [2.75, 3.05) is 45.9 Å². The van der Waals surface area contributed by atoms with Gasteiger partial charge in [-0.1, -0.05) is 6.92 Å². The summed E-state index contributed by atoms with van der Waals surface area (Å²) in [5.74, 6) is -0.200. The molecule has 1 aromatic rings. The molecule has 0 aliphatic carbocycles. The molecule has 0 aromatic heterocycles. The SMILES string of the molecule is CCCNS(=O)(=O)c1ccc(C(=O)NCCN2CCOCC2)cc1. The van der Waals surface area contributed by atoms with Gasteiger partial charge in [0.05, 0.1) is 18.1 Å². The molecular weight excluding hydrogens is 330 g/mol. The fourth-order valence-electron chi connectivity index (χ4n) is 2.36. The molecule has 2 N–H and O–H groups in total. The largest absolute Gasteiger partial charge is 0.379 e. The number of benzene rings is 1. The number of carbonyl (C=O) groups is 1. The first-order chi connectivity index (χ1) is 11.5. The van der Waals surface area contributed by atoms with Crippen molar-refractivity contribution in [3.63, 3.8) is 0 Å². The zero-order valence-corrected chi connectivity index (χ0v) is 14.8. The summed E-state index contributed by atoms with van der Waals surface area (Å²) in [6.07, 6.45) is 0.725. The molecule has 1 fully saturated rings. The predicted molar refractivity (Wildman–Crippen MR) is 91.5 cm³/mol. The lowest BCUT2D eigenvalue weighted by Crippen LogP contribution is -2.41. The third kappa shape index (κ3) is 5.55. The maximum Gasteiger partial charge on any atom is 0.251 e. The van der Waals surface area contributed by atoms with Crippen LogP contribution in [0.25, 0.3) is 0 Å². The van der Waals surface area contributed by atoms with E-state index >= 15 is 0 Å². The number of hydrogen-bond donors (Lipinski definition) is 2. The number of hydrogen-bond acceptors (Lipinski definition) is 5. The zero-order valence-electron chi connectivity index (χ0n) is 14.0. The number of carbonyl (C=O) groups excluding carboxylic acids is 1. The summed E-state index contributed by atoms with van der Waals surface area (Å²) in [7, 11) is -3.50. The van der Waals surface area contributed by atoms with Gasteiger partial charge in [0, 0.05) is 38.3 Å². The molecule has 0 unspecified atom stereocenters. The van der Waals surface area contributed by atoms with Crippen LogP contribution in [0.3, 0.4) is 0 Å². The van der Waals surface area contributed by atoms with E-state index in [1.165, 1.54) is 24.3 Å². The Bertz CT molecular complexity index is 625. The van der Waals surface area contributed by atoms with E-state index in [1.54, 1.807) is 0 Å². The van der Waals surface area contributed by atoms with Crippen molar-refractivity contribution < 1.29 is 17.9 Å². The lowest BCUT2D eigenvalue weighted by Gasteiger charge is -2.26. The summed E-state index contributed by atoms with van der Waals surface area (Å²) < 4.78 is 31.8. The Labute approximate surface area is 143 Å². The summed E-state index contributed by atoms with van der Waals surface area (Å²) >= 11 is 0. The van der Waals surface area contributed by atoms with Crippen LogP contribution in [0.15, 0.2) is 29.2 Å². The molecule has 1 heterocycles. The number of ether oxygens (including phenoxy) is 1. The highest BCUT2D eigenvalue weighted by atomic mass is 32.2. The minimum Gasteiger partial charge on any atom is -0.379 e. The third-order valence-electron chi connectivity index (χ3n) is 3.79. The third-order valence-corrected chi connectivity index (χ3v) is 5.26. The highest BCUT2D eigenvalue weighted by molar-refractivity contribution is 7.89. The quantitative estimate of drug-likeness (QED) is 0.706.